The van der Waals surface area contributed by atoms with Crippen LogP contribution in [0.2, 0.25) is 0 Å². The first kappa shape index (κ1) is 15.4. The van der Waals surface area contributed by atoms with Crippen LogP contribution in [0.3, 0.4) is 0 Å². The van der Waals surface area contributed by atoms with Gasteiger partial charge < -0.3 is 15.7 Å². The van der Waals surface area contributed by atoms with Crippen molar-refractivity contribution in [3.05, 3.63) is 15.6 Å². The summed E-state index contributed by atoms with van der Waals surface area (Å²) in [6.07, 6.45) is 1.01. The standard InChI is InChI=1S/C12H19N3O3S/c1-4-7(2)5-13-12(18)14-6-9-15-8(3)10(19-9)11(16)17/h7H,4-6H2,1-3H3,(H,16,17)(H2,13,14,18). The van der Waals surface area contributed by atoms with Crippen molar-refractivity contribution in [1.29, 1.82) is 0 Å². The van der Waals surface area contributed by atoms with E-state index in [0.717, 1.165) is 17.8 Å². The van der Waals surface area contributed by atoms with Gasteiger partial charge in [-0.1, -0.05) is 20.3 Å². The molecule has 0 spiro atoms. The summed E-state index contributed by atoms with van der Waals surface area (Å²) in [7, 11) is 0. The molecule has 0 saturated carbocycles. The van der Waals surface area contributed by atoms with Gasteiger partial charge in [-0.15, -0.1) is 11.3 Å². The van der Waals surface area contributed by atoms with E-state index in [9.17, 15) is 9.59 Å². The van der Waals surface area contributed by atoms with Crippen molar-refractivity contribution in [3.8, 4) is 0 Å². The third kappa shape index (κ3) is 4.86. The predicted octanol–water partition coefficient (Wildman–Crippen LogP) is 2.00. The Hall–Kier alpha value is -1.63. The maximum absolute atomic E-state index is 11.5. The Kier molecular flexibility index (Phi) is 5.75. The molecule has 1 aromatic heterocycles. The van der Waals surface area contributed by atoms with Crippen LogP contribution in [0.25, 0.3) is 0 Å². The molecule has 0 fully saturated rings. The van der Waals surface area contributed by atoms with Crippen molar-refractivity contribution in [2.24, 2.45) is 5.92 Å². The third-order valence-electron chi connectivity index (χ3n) is 2.74. The molecule has 0 aliphatic heterocycles. The quantitative estimate of drug-likeness (QED) is 0.745. The first-order valence-electron chi connectivity index (χ1n) is 6.15. The topological polar surface area (TPSA) is 91.3 Å². The second-order valence-corrected chi connectivity index (χ2v) is 5.49. The van der Waals surface area contributed by atoms with Gasteiger partial charge in [-0.3, -0.25) is 0 Å². The van der Waals surface area contributed by atoms with E-state index < -0.39 is 5.97 Å². The number of thiazole rings is 1. The van der Waals surface area contributed by atoms with Gasteiger partial charge in [0.05, 0.1) is 12.2 Å². The molecule has 0 radical (unpaired) electrons. The second-order valence-electron chi connectivity index (χ2n) is 4.40. The Morgan fingerprint density at radius 1 is 1.42 bits per heavy atom. The molecule has 2 amide bonds. The molecule has 7 heteroatoms. The fraction of sp³-hybridized carbons (Fsp3) is 0.583. The molecule has 106 valence electrons. The predicted molar refractivity (Wildman–Crippen MR) is 73.5 cm³/mol. The van der Waals surface area contributed by atoms with Gasteiger partial charge in [0.2, 0.25) is 0 Å². The SMILES string of the molecule is CCC(C)CNC(=O)NCc1nc(C)c(C(=O)O)s1. The monoisotopic (exact) mass is 285 g/mol. The van der Waals surface area contributed by atoms with Gasteiger partial charge >= 0.3 is 12.0 Å². The van der Waals surface area contributed by atoms with Crippen molar-refractivity contribution in [1.82, 2.24) is 15.6 Å². The average molecular weight is 285 g/mol. The zero-order valence-corrected chi connectivity index (χ0v) is 12.1. The van der Waals surface area contributed by atoms with Crippen molar-refractivity contribution in [2.45, 2.75) is 33.7 Å². The molecule has 0 aromatic carbocycles. The summed E-state index contributed by atoms with van der Waals surface area (Å²) in [5, 5.41) is 14.9. The van der Waals surface area contributed by atoms with Gasteiger partial charge in [0, 0.05) is 6.54 Å². The maximum Gasteiger partial charge on any atom is 0.347 e. The number of nitrogens with zero attached hydrogens (tertiary/aromatic N) is 1. The summed E-state index contributed by atoms with van der Waals surface area (Å²) < 4.78 is 0. The van der Waals surface area contributed by atoms with Crippen molar-refractivity contribution in [3.63, 3.8) is 0 Å². The highest BCUT2D eigenvalue weighted by atomic mass is 32.1. The lowest BCUT2D eigenvalue weighted by molar-refractivity contribution is 0.0701. The lowest BCUT2D eigenvalue weighted by atomic mass is 10.1. The molecule has 1 unspecified atom stereocenters. The van der Waals surface area contributed by atoms with Gasteiger partial charge in [-0.05, 0) is 12.8 Å². The van der Waals surface area contributed by atoms with E-state index in [0.29, 0.717) is 23.2 Å². The van der Waals surface area contributed by atoms with Gasteiger partial charge in [-0.2, -0.15) is 0 Å². The summed E-state index contributed by atoms with van der Waals surface area (Å²) in [6, 6.07) is -0.259. The van der Waals surface area contributed by atoms with Gasteiger partial charge in [0.15, 0.2) is 0 Å². The van der Waals surface area contributed by atoms with Gasteiger partial charge in [0.25, 0.3) is 0 Å². The first-order valence-corrected chi connectivity index (χ1v) is 6.97. The highest BCUT2D eigenvalue weighted by molar-refractivity contribution is 7.13. The number of nitrogens with one attached hydrogen (secondary N) is 2. The van der Waals surface area contributed by atoms with Crippen LogP contribution in [-0.4, -0.2) is 28.6 Å². The number of carboxylic acid groups (broad SMARTS) is 1. The molecule has 1 rings (SSSR count). The number of carboxylic acids is 1. The van der Waals surface area contributed by atoms with Crippen LogP contribution in [0.1, 0.15) is 40.6 Å². The molecule has 3 N–H and O–H groups in total. The number of carbonyl (C=O) groups excluding carboxylic acids is 1. The van der Waals surface area contributed by atoms with Crippen LogP contribution >= 0.6 is 11.3 Å². The fourth-order valence-electron chi connectivity index (χ4n) is 1.36. The molecular formula is C12H19N3O3S. The Balaban J connectivity index is 2.42. The lowest BCUT2D eigenvalue weighted by Gasteiger charge is -2.10. The van der Waals surface area contributed by atoms with Crippen molar-refractivity contribution < 1.29 is 14.7 Å². The minimum atomic E-state index is -0.984. The summed E-state index contributed by atoms with van der Waals surface area (Å²) in [6.45, 7) is 6.64. The number of urea groups is 1. The minimum absolute atomic E-state index is 0.219. The largest absolute Gasteiger partial charge is 0.477 e. The maximum atomic E-state index is 11.5. The number of rotatable bonds is 6. The number of amides is 2. The summed E-state index contributed by atoms with van der Waals surface area (Å²) in [5.74, 6) is -0.547. The first-order chi connectivity index (χ1) is 8.93. The summed E-state index contributed by atoms with van der Waals surface area (Å²) in [4.78, 5) is 26.7. The molecule has 1 aromatic rings. The fourth-order valence-corrected chi connectivity index (χ4v) is 2.20. The Labute approximate surface area is 116 Å². The molecule has 0 saturated heterocycles. The Bertz CT molecular complexity index is 459. The van der Waals surface area contributed by atoms with Crippen LogP contribution < -0.4 is 10.6 Å². The Morgan fingerprint density at radius 2 is 2.11 bits per heavy atom. The molecule has 0 bridgehead atoms. The lowest BCUT2D eigenvalue weighted by Crippen LogP contribution is -2.37. The normalized spacial score (nSPS) is 11.9. The van der Waals surface area contributed by atoms with E-state index in [1.54, 1.807) is 6.92 Å². The number of hydrogen-bond acceptors (Lipinski definition) is 4. The molecule has 1 heterocycles. The minimum Gasteiger partial charge on any atom is -0.477 e. The highest BCUT2D eigenvalue weighted by Crippen LogP contribution is 2.17. The Morgan fingerprint density at radius 3 is 2.63 bits per heavy atom. The second kappa shape index (κ2) is 7.08. The smallest absolute Gasteiger partial charge is 0.347 e. The third-order valence-corrected chi connectivity index (χ3v) is 3.89. The molecule has 1 atom stereocenters. The van der Waals surface area contributed by atoms with Gasteiger partial charge in [-0.25, -0.2) is 14.6 Å². The average Bonchev–Trinajstić information content (AvgIpc) is 2.74. The van der Waals surface area contributed by atoms with Crippen LogP contribution in [0, 0.1) is 12.8 Å². The van der Waals surface area contributed by atoms with E-state index in [4.69, 9.17) is 5.11 Å². The van der Waals surface area contributed by atoms with Crippen molar-refractivity contribution >= 4 is 23.3 Å². The van der Waals surface area contributed by atoms with Crippen LogP contribution in [0.15, 0.2) is 0 Å². The highest BCUT2D eigenvalue weighted by Gasteiger charge is 2.14. The van der Waals surface area contributed by atoms with E-state index in [1.807, 2.05) is 0 Å². The molecule has 0 aliphatic rings. The molecule has 19 heavy (non-hydrogen) atoms. The van der Waals surface area contributed by atoms with Crippen LogP contribution in [0.4, 0.5) is 4.79 Å². The van der Waals surface area contributed by atoms with E-state index in [2.05, 4.69) is 29.5 Å². The van der Waals surface area contributed by atoms with E-state index in [1.165, 1.54) is 0 Å². The zero-order valence-electron chi connectivity index (χ0n) is 11.3. The number of aromatic nitrogens is 1. The van der Waals surface area contributed by atoms with Crippen LogP contribution in [-0.2, 0) is 6.54 Å². The number of hydrogen-bond donors (Lipinski definition) is 3. The van der Waals surface area contributed by atoms with Crippen molar-refractivity contribution in [2.75, 3.05) is 6.54 Å². The van der Waals surface area contributed by atoms with E-state index >= 15 is 0 Å². The number of aryl methyl sites for hydroxylation is 1. The number of carbonyl (C=O) groups is 2. The molecule has 6 nitrogen and oxygen atoms in total. The summed E-state index contributed by atoms with van der Waals surface area (Å²) >= 11 is 1.09. The summed E-state index contributed by atoms with van der Waals surface area (Å²) in [5.41, 5.74) is 0.481. The van der Waals surface area contributed by atoms with E-state index in [-0.39, 0.29) is 17.5 Å². The van der Waals surface area contributed by atoms with Gasteiger partial charge in [0.1, 0.15) is 9.88 Å². The van der Waals surface area contributed by atoms with Crippen LogP contribution in [0.5, 0.6) is 0 Å². The zero-order chi connectivity index (χ0) is 14.4. The molecule has 0 aliphatic carbocycles. The molecular weight excluding hydrogens is 266 g/mol. The number of aromatic carboxylic acids is 1.